The van der Waals surface area contributed by atoms with E-state index >= 15 is 0 Å². The van der Waals surface area contributed by atoms with Gasteiger partial charge in [-0.25, -0.2) is 0 Å². The van der Waals surface area contributed by atoms with Crippen molar-refractivity contribution in [3.05, 3.63) is 35.9 Å². The van der Waals surface area contributed by atoms with Crippen molar-refractivity contribution >= 4 is 11.9 Å². The van der Waals surface area contributed by atoms with Gasteiger partial charge in [-0.05, 0) is 18.4 Å². The lowest BCUT2D eigenvalue weighted by Gasteiger charge is -2.08. The molecule has 0 atom stereocenters. The van der Waals surface area contributed by atoms with Crippen LogP contribution in [0.15, 0.2) is 30.3 Å². The largest absolute Gasteiger partial charge is 0.370 e. The maximum absolute atomic E-state index is 7.36. The van der Waals surface area contributed by atoms with Crippen LogP contribution in [0.25, 0.3) is 0 Å². The predicted molar refractivity (Wildman–Crippen MR) is 65.5 cm³/mol. The molecule has 0 aliphatic rings. The van der Waals surface area contributed by atoms with Gasteiger partial charge in [-0.3, -0.25) is 16.1 Å². The fourth-order valence-electron chi connectivity index (χ4n) is 1.33. The van der Waals surface area contributed by atoms with E-state index in [1.807, 2.05) is 18.2 Å². The zero-order valence-electron chi connectivity index (χ0n) is 9.09. The number of benzene rings is 1. The van der Waals surface area contributed by atoms with Crippen LogP contribution in [0.2, 0.25) is 0 Å². The third-order valence-electron chi connectivity index (χ3n) is 2.05. The van der Waals surface area contributed by atoms with Gasteiger partial charge in [0.15, 0.2) is 11.9 Å². The van der Waals surface area contributed by atoms with E-state index in [1.54, 1.807) is 0 Å². The van der Waals surface area contributed by atoms with Gasteiger partial charge in [0, 0.05) is 6.54 Å². The molecule has 1 aromatic rings. The summed E-state index contributed by atoms with van der Waals surface area (Å²) in [7, 11) is 0. The monoisotopic (exact) mass is 219 g/mol. The van der Waals surface area contributed by atoms with Crippen LogP contribution in [0.1, 0.15) is 12.0 Å². The second-order valence-corrected chi connectivity index (χ2v) is 3.43. The number of guanidine groups is 2. The number of rotatable bonds is 4. The average molecular weight is 219 g/mol. The predicted octanol–water partition coefficient (Wildman–Crippen LogP) is 0.627. The first-order valence-corrected chi connectivity index (χ1v) is 5.16. The Morgan fingerprint density at radius 1 is 1.19 bits per heavy atom. The van der Waals surface area contributed by atoms with Crippen molar-refractivity contribution in [1.82, 2.24) is 10.6 Å². The fourth-order valence-corrected chi connectivity index (χ4v) is 1.33. The summed E-state index contributed by atoms with van der Waals surface area (Å²) >= 11 is 0. The average Bonchev–Trinajstić information content (AvgIpc) is 2.25. The quantitative estimate of drug-likeness (QED) is 0.292. The maximum Gasteiger partial charge on any atom is 0.195 e. The molecule has 0 heterocycles. The molecule has 0 aromatic heterocycles. The molecule has 0 aliphatic heterocycles. The van der Waals surface area contributed by atoms with E-state index in [9.17, 15) is 0 Å². The highest BCUT2D eigenvalue weighted by Gasteiger charge is 1.96. The van der Waals surface area contributed by atoms with E-state index in [2.05, 4.69) is 22.8 Å². The molecular formula is C11H17N5. The molecule has 0 saturated carbocycles. The van der Waals surface area contributed by atoms with Crippen molar-refractivity contribution < 1.29 is 0 Å². The van der Waals surface area contributed by atoms with E-state index in [0.29, 0.717) is 6.54 Å². The molecule has 16 heavy (non-hydrogen) atoms. The molecule has 0 fully saturated rings. The van der Waals surface area contributed by atoms with Gasteiger partial charge in [-0.15, -0.1) is 0 Å². The van der Waals surface area contributed by atoms with Gasteiger partial charge in [0.25, 0.3) is 0 Å². The van der Waals surface area contributed by atoms with E-state index < -0.39 is 0 Å². The summed E-state index contributed by atoms with van der Waals surface area (Å²) in [5.41, 5.74) is 6.37. The highest BCUT2D eigenvalue weighted by Crippen LogP contribution is 2.01. The number of hydrogen-bond donors (Lipinski definition) is 5. The lowest BCUT2D eigenvalue weighted by atomic mass is 10.1. The van der Waals surface area contributed by atoms with E-state index in [0.717, 1.165) is 12.8 Å². The SMILES string of the molecule is N=C(N)NC(=N)NCCCc1ccccc1. The van der Waals surface area contributed by atoms with Crippen LogP contribution in [-0.2, 0) is 6.42 Å². The van der Waals surface area contributed by atoms with E-state index in [-0.39, 0.29) is 11.9 Å². The van der Waals surface area contributed by atoms with Crippen molar-refractivity contribution in [2.24, 2.45) is 5.73 Å². The minimum Gasteiger partial charge on any atom is -0.370 e. The minimum absolute atomic E-state index is 0.0700. The van der Waals surface area contributed by atoms with Gasteiger partial charge in [0.05, 0.1) is 0 Å². The van der Waals surface area contributed by atoms with Gasteiger partial charge >= 0.3 is 0 Å². The van der Waals surface area contributed by atoms with Gasteiger partial charge in [-0.2, -0.15) is 0 Å². The Morgan fingerprint density at radius 2 is 1.88 bits per heavy atom. The Kier molecular flexibility index (Phi) is 4.85. The first-order valence-electron chi connectivity index (χ1n) is 5.16. The zero-order chi connectivity index (χ0) is 11.8. The number of aryl methyl sites for hydroxylation is 1. The van der Waals surface area contributed by atoms with Crippen molar-refractivity contribution in [2.75, 3.05) is 6.54 Å². The highest BCUT2D eigenvalue weighted by molar-refractivity contribution is 5.94. The Balaban J connectivity index is 2.13. The maximum atomic E-state index is 7.36. The first-order chi connectivity index (χ1) is 7.68. The van der Waals surface area contributed by atoms with Crippen LogP contribution in [0.3, 0.4) is 0 Å². The molecule has 0 amide bonds. The third kappa shape index (κ3) is 4.99. The van der Waals surface area contributed by atoms with Crippen molar-refractivity contribution in [2.45, 2.75) is 12.8 Å². The number of nitrogens with one attached hydrogen (secondary N) is 4. The lowest BCUT2D eigenvalue weighted by molar-refractivity contribution is 0.761. The number of hydrogen-bond acceptors (Lipinski definition) is 2. The highest BCUT2D eigenvalue weighted by atomic mass is 15.2. The molecule has 5 heteroatoms. The van der Waals surface area contributed by atoms with Crippen molar-refractivity contribution in [1.29, 1.82) is 10.8 Å². The van der Waals surface area contributed by atoms with Crippen molar-refractivity contribution in [3.63, 3.8) is 0 Å². The number of nitrogens with two attached hydrogens (primary N) is 1. The summed E-state index contributed by atoms with van der Waals surface area (Å²) in [4.78, 5) is 0. The second kappa shape index (κ2) is 6.44. The fraction of sp³-hybridized carbons (Fsp3) is 0.273. The van der Waals surface area contributed by atoms with Gasteiger partial charge < -0.3 is 11.1 Å². The smallest absolute Gasteiger partial charge is 0.195 e. The van der Waals surface area contributed by atoms with Crippen LogP contribution < -0.4 is 16.4 Å². The van der Waals surface area contributed by atoms with Crippen LogP contribution in [-0.4, -0.2) is 18.5 Å². The molecule has 0 unspecified atom stereocenters. The molecule has 0 radical (unpaired) electrons. The zero-order valence-corrected chi connectivity index (χ0v) is 9.09. The molecule has 6 N–H and O–H groups in total. The van der Waals surface area contributed by atoms with Gasteiger partial charge in [-0.1, -0.05) is 30.3 Å². The summed E-state index contributed by atoms with van der Waals surface area (Å²) in [5.74, 6) is -0.152. The van der Waals surface area contributed by atoms with Crippen LogP contribution in [0, 0.1) is 10.8 Å². The normalized spacial score (nSPS) is 9.50. The summed E-state index contributed by atoms with van der Waals surface area (Å²) in [6, 6.07) is 10.2. The van der Waals surface area contributed by atoms with E-state index in [1.165, 1.54) is 5.56 Å². The molecule has 0 saturated heterocycles. The third-order valence-corrected chi connectivity index (χ3v) is 2.05. The Labute approximate surface area is 95.1 Å². The van der Waals surface area contributed by atoms with Crippen LogP contribution >= 0.6 is 0 Å². The lowest BCUT2D eigenvalue weighted by Crippen LogP contribution is -2.43. The summed E-state index contributed by atoms with van der Waals surface area (Å²) in [5, 5.41) is 19.5. The minimum atomic E-state index is -0.222. The Hall–Kier alpha value is -2.04. The Bertz CT molecular complexity index is 347. The first kappa shape index (κ1) is 12.0. The standard InChI is InChI=1S/C11H17N5/c12-10(13)16-11(14)15-8-4-7-9-5-2-1-3-6-9/h1-3,5-6H,4,7-8H2,(H6,12,13,14,15,16). The molecule has 1 rings (SSSR count). The van der Waals surface area contributed by atoms with Crippen molar-refractivity contribution in [3.8, 4) is 0 Å². The molecule has 5 nitrogen and oxygen atoms in total. The molecule has 0 bridgehead atoms. The molecule has 0 aliphatic carbocycles. The van der Waals surface area contributed by atoms with Crippen LogP contribution in [0.5, 0.6) is 0 Å². The Morgan fingerprint density at radius 3 is 2.50 bits per heavy atom. The van der Waals surface area contributed by atoms with E-state index in [4.69, 9.17) is 16.6 Å². The summed E-state index contributed by atoms with van der Waals surface area (Å²) < 4.78 is 0. The molecule has 86 valence electrons. The summed E-state index contributed by atoms with van der Waals surface area (Å²) in [6.45, 7) is 0.688. The van der Waals surface area contributed by atoms with Crippen LogP contribution in [0.4, 0.5) is 0 Å². The van der Waals surface area contributed by atoms with Gasteiger partial charge in [0.1, 0.15) is 0 Å². The molecule has 0 spiro atoms. The molecular weight excluding hydrogens is 202 g/mol. The van der Waals surface area contributed by atoms with Gasteiger partial charge in [0.2, 0.25) is 0 Å². The summed E-state index contributed by atoms with van der Waals surface area (Å²) in [6.07, 6.45) is 1.91. The molecule has 1 aromatic carbocycles. The second-order valence-electron chi connectivity index (χ2n) is 3.43. The topological polar surface area (TPSA) is 97.8 Å².